The molecule has 2 amide bonds. The van der Waals surface area contributed by atoms with E-state index in [1.807, 2.05) is 36.4 Å². The second-order valence-corrected chi connectivity index (χ2v) is 9.19. The maximum Gasteiger partial charge on any atom is 0.407 e. The Morgan fingerprint density at radius 3 is 2.29 bits per heavy atom. The Balaban J connectivity index is 1.37. The SMILES string of the molecule is C#CCC(NC(=O)OCC1c2ccccc2-c2ccccc21)C(=O)N[C@H]1CCCC[C@H]1CC(=O)O. The van der Waals surface area contributed by atoms with E-state index in [0.29, 0.717) is 6.42 Å². The van der Waals surface area contributed by atoms with E-state index >= 15 is 0 Å². The quantitative estimate of drug-likeness (QED) is 0.501. The number of amides is 2. The fourth-order valence-electron chi connectivity index (χ4n) is 5.26. The zero-order valence-corrected chi connectivity index (χ0v) is 19.5. The first-order valence-corrected chi connectivity index (χ1v) is 12.0. The monoisotopic (exact) mass is 474 g/mol. The summed E-state index contributed by atoms with van der Waals surface area (Å²) >= 11 is 0. The van der Waals surface area contributed by atoms with E-state index in [-0.39, 0.29) is 37.3 Å². The van der Waals surface area contributed by atoms with Crippen LogP contribution < -0.4 is 10.6 Å². The molecular weight excluding hydrogens is 444 g/mol. The van der Waals surface area contributed by atoms with Crippen LogP contribution in [0.2, 0.25) is 0 Å². The van der Waals surface area contributed by atoms with E-state index in [2.05, 4.69) is 28.7 Å². The zero-order chi connectivity index (χ0) is 24.8. The molecule has 0 aromatic heterocycles. The van der Waals surface area contributed by atoms with Crippen LogP contribution in [0.4, 0.5) is 4.79 Å². The van der Waals surface area contributed by atoms with Crippen molar-refractivity contribution in [3.63, 3.8) is 0 Å². The molecule has 35 heavy (non-hydrogen) atoms. The van der Waals surface area contributed by atoms with E-state index in [0.717, 1.165) is 41.5 Å². The molecule has 2 aromatic rings. The highest BCUT2D eigenvalue weighted by molar-refractivity contribution is 5.86. The van der Waals surface area contributed by atoms with Crippen molar-refractivity contribution in [2.45, 2.75) is 56.5 Å². The molecule has 7 nitrogen and oxygen atoms in total. The summed E-state index contributed by atoms with van der Waals surface area (Å²) in [6.45, 7) is 0.133. The summed E-state index contributed by atoms with van der Waals surface area (Å²) in [6, 6.07) is 14.9. The molecule has 0 aliphatic heterocycles. The Hall–Kier alpha value is -3.79. The maximum atomic E-state index is 12.9. The van der Waals surface area contributed by atoms with Crippen LogP contribution in [0, 0.1) is 18.3 Å². The van der Waals surface area contributed by atoms with Crippen molar-refractivity contribution in [3.8, 4) is 23.5 Å². The summed E-state index contributed by atoms with van der Waals surface area (Å²) in [5.74, 6) is 0.910. The fraction of sp³-hybridized carbons (Fsp3) is 0.393. The zero-order valence-electron chi connectivity index (χ0n) is 19.5. The van der Waals surface area contributed by atoms with Gasteiger partial charge in [-0.25, -0.2) is 4.79 Å². The van der Waals surface area contributed by atoms with Crippen LogP contribution in [0.25, 0.3) is 11.1 Å². The van der Waals surface area contributed by atoms with Gasteiger partial charge in [-0.05, 0) is 41.0 Å². The van der Waals surface area contributed by atoms with Crippen LogP contribution in [0.15, 0.2) is 48.5 Å². The van der Waals surface area contributed by atoms with Gasteiger partial charge in [-0.1, -0.05) is 61.4 Å². The Bertz CT molecular complexity index is 1090. The average molecular weight is 475 g/mol. The topological polar surface area (TPSA) is 105 Å². The first-order valence-electron chi connectivity index (χ1n) is 12.0. The highest BCUT2D eigenvalue weighted by Gasteiger charge is 2.32. The molecule has 182 valence electrons. The Morgan fingerprint density at radius 1 is 1.03 bits per heavy atom. The number of nitrogens with one attached hydrogen (secondary N) is 2. The van der Waals surface area contributed by atoms with Gasteiger partial charge in [0.05, 0.1) is 6.42 Å². The molecule has 0 heterocycles. The lowest BCUT2D eigenvalue weighted by Gasteiger charge is -2.32. The predicted molar refractivity (Wildman–Crippen MR) is 132 cm³/mol. The van der Waals surface area contributed by atoms with E-state index < -0.39 is 24.0 Å². The van der Waals surface area contributed by atoms with Gasteiger partial charge in [0, 0.05) is 18.4 Å². The minimum absolute atomic E-state index is 0.00452. The first kappa shape index (κ1) is 24.3. The number of fused-ring (bicyclic) bond motifs is 3. The van der Waals surface area contributed by atoms with Crippen molar-refractivity contribution in [1.82, 2.24) is 10.6 Å². The third kappa shape index (κ3) is 5.65. The van der Waals surface area contributed by atoms with Gasteiger partial charge < -0.3 is 20.5 Å². The van der Waals surface area contributed by atoms with Crippen molar-refractivity contribution in [1.29, 1.82) is 0 Å². The molecule has 4 rings (SSSR count). The smallest absolute Gasteiger partial charge is 0.407 e. The minimum atomic E-state index is -0.956. The Labute approximate surface area is 205 Å². The molecule has 3 N–H and O–H groups in total. The number of ether oxygens (including phenoxy) is 1. The lowest BCUT2D eigenvalue weighted by Crippen LogP contribution is -2.52. The molecule has 0 spiro atoms. The summed E-state index contributed by atoms with van der Waals surface area (Å²) < 4.78 is 5.55. The largest absolute Gasteiger partial charge is 0.481 e. The molecule has 3 atom stereocenters. The third-order valence-corrected chi connectivity index (χ3v) is 6.95. The van der Waals surface area contributed by atoms with Crippen molar-refractivity contribution in [2.75, 3.05) is 6.61 Å². The van der Waals surface area contributed by atoms with Gasteiger partial charge in [-0.2, -0.15) is 0 Å². The van der Waals surface area contributed by atoms with Crippen LogP contribution in [-0.2, 0) is 14.3 Å². The van der Waals surface area contributed by atoms with Crippen molar-refractivity contribution >= 4 is 18.0 Å². The molecule has 0 saturated heterocycles. The number of benzene rings is 2. The molecule has 2 aromatic carbocycles. The number of hydrogen-bond donors (Lipinski definition) is 3. The lowest BCUT2D eigenvalue weighted by atomic mass is 9.82. The standard InChI is InChI=1S/C28H30N2O5/c1-2-9-25(27(33)29-24-15-8-3-10-18(24)16-26(31)32)30-28(34)35-17-23-21-13-6-4-11-19(21)20-12-5-7-14-22(20)23/h1,4-7,11-14,18,23-25H,3,8-10,15-17H2,(H,29,33)(H,30,34)(H,31,32)/t18-,24-,25?/m0/s1. The van der Waals surface area contributed by atoms with E-state index in [1.54, 1.807) is 0 Å². The van der Waals surface area contributed by atoms with Crippen LogP contribution in [-0.4, -0.2) is 41.8 Å². The second-order valence-electron chi connectivity index (χ2n) is 9.19. The van der Waals surface area contributed by atoms with Gasteiger partial charge in [0.25, 0.3) is 0 Å². The summed E-state index contributed by atoms with van der Waals surface area (Å²) in [5, 5.41) is 14.7. The second kappa shape index (κ2) is 11.1. The Morgan fingerprint density at radius 2 is 1.66 bits per heavy atom. The normalized spacial score (nSPS) is 19.5. The van der Waals surface area contributed by atoms with Crippen molar-refractivity contribution in [2.24, 2.45) is 5.92 Å². The van der Waals surface area contributed by atoms with Gasteiger partial charge in [-0.15, -0.1) is 12.3 Å². The molecule has 0 bridgehead atoms. The van der Waals surface area contributed by atoms with Crippen molar-refractivity contribution in [3.05, 3.63) is 59.7 Å². The lowest BCUT2D eigenvalue weighted by molar-refractivity contribution is -0.139. The van der Waals surface area contributed by atoms with Gasteiger partial charge in [0.15, 0.2) is 0 Å². The summed E-state index contributed by atoms with van der Waals surface area (Å²) in [4.78, 5) is 36.8. The average Bonchev–Trinajstić information content (AvgIpc) is 3.17. The Kier molecular flexibility index (Phi) is 7.71. The molecule has 7 heteroatoms. The predicted octanol–water partition coefficient (Wildman–Crippen LogP) is 4.07. The molecular formula is C28H30N2O5. The molecule has 2 aliphatic carbocycles. The molecule has 1 saturated carbocycles. The van der Waals surface area contributed by atoms with Crippen LogP contribution in [0.5, 0.6) is 0 Å². The highest BCUT2D eigenvalue weighted by atomic mass is 16.5. The number of carboxylic acids is 1. The number of aliphatic carboxylic acids is 1. The fourth-order valence-corrected chi connectivity index (χ4v) is 5.26. The molecule has 1 fully saturated rings. The summed E-state index contributed by atoms with van der Waals surface area (Å²) in [5.41, 5.74) is 4.46. The maximum absolute atomic E-state index is 12.9. The van der Waals surface area contributed by atoms with E-state index in [9.17, 15) is 19.5 Å². The number of alkyl carbamates (subject to hydrolysis) is 1. The third-order valence-electron chi connectivity index (χ3n) is 6.95. The summed E-state index contributed by atoms with van der Waals surface area (Å²) in [6.07, 6.45) is 8.06. The minimum Gasteiger partial charge on any atom is -0.481 e. The number of carbonyl (C=O) groups is 3. The van der Waals surface area contributed by atoms with Gasteiger partial charge in [0.2, 0.25) is 5.91 Å². The molecule has 1 unspecified atom stereocenters. The van der Waals surface area contributed by atoms with Crippen molar-refractivity contribution < 1.29 is 24.2 Å². The number of terminal acetylenes is 1. The number of carbonyl (C=O) groups excluding carboxylic acids is 2. The number of rotatable bonds is 8. The summed E-state index contributed by atoms with van der Waals surface area (Å²) in [7, 11) is 0. The van der Waals surface area contributed by atoms with Gasteiger partial charge in [-0.3, -0.25) is 9.59 Å². The molecule has 0 radical (unpaired) electrons. The van der Waals surface area contributed by atoms with Crippen LogP contribution in [0.1, 0.15) is 55.6 Å². The van der Waals surface area contributed by atoms with Crippen LogP contribution in [0.3, 0.4) is 0 Å². The van der Waals surface area contributed by atoms with Gasteiger partial charge >= 0.3 is 12.1 Å². The van der Waals surface area contributed by atoms with E-state index in [1.165, 1.54) is 0 Å². The number of hydrogen-bond acceptors (Lipinski definition) is 4. The number of carboxylic acid groups (broad SMARTS) is 1. The molecule has 2 aliphatic rings. The van der Waals surface area contributed by atoms with Crippen LogP contribution >= 0.6 is 0 Å². The van der Waals surface area contributed by atoms with E-state index in [4.69, 9.17) is 11.2 Å². The van der Waals surface area contributed by atoms with Gasteiger partial charge in [0.1, 0.15) is 12.6 Å². The first-order chi connectivity index (χ1) is 17.0. The highest BCUT2D eigenvalue weighted by Crippen LogP contribution is 2.44.